The Balaban J connectivity index is 0.950. The minimum absolute atomic E-state index is 0.661. The summed E-state index contributed by atoms with van der Waals surface area (Å²) in [6, 6.07) is 60.5. The van der Waals surface area contributed by atoms with E-state index < -0.39 is 0 Å². The van der Waals surface area contributed by atoms with Gasteiger partial charge in [-0.1, -0.05) is 163 Å². The van der Waals surface area contributed by atoms with E-state index in [0.29, 0.717) is 17.5 Å². The second-order valence-electron chi connectivity index (χ2n) is 15.8. The average molecular weight is 779 g/mol. The molecule has 0 amide bonds. The van der Waals surface area contributed by atoms with Gasteiger partial charge in [-0.15, -0.1) is 27.7 Å². The molecule has 9 heteroatoms. The number of hydrogen-bond donors (Lipinski definition) is 0. The maximum atomic E-state index is 5.09. The van der Waals surface area contributed by atoms with Gasteiger partial charge in [0.15, 0.2) is 17.5 Å². The Bertz CT molecular complexity index is 3140. The molecule has 2 aromatic heterocycles. The molecule has 0 aliphatic heterocycles. The Labute approximate surface area is 359 Å². The van der Waals surface area contributed by atoms with Crippen LogP contribution in [-0.2, 0) is 0 Å². The summed E-state index contributed by atoms with van der Waals surface area (Å²) >= 11 is 1.81. The zero-order chi connectivity index (χ0) is 40.9. The van der Waals surface area contributed by atoms with Gasteiger partial charge < -0.3 is 0 Å². The lowest BCUT2D eigenvalue weighted by molar-refractivity contribution is 1.08. The van der Waals surface area contributed by atoms with Gasteiger partial charge in [-0.25, -0.2) is 15.0 Å². The molecule has 8 aromatic carbocycles. The first-order valence-electron chi connectivity index (χ1n) is 20.5. The van der Waals surface area contributed by atoms with Crippen LogP contribution in [0.4, 0.5) is 0 Å². The van der Waals surface area contributed by atoms with Crippen LogP contribution in [0.2, 0.25) is 0 Å². The van der Waals surface area contributed by atoms with E-state index in [4.69, 9.17) is 15.0 Å². The summed E-state index contributed by atoms with van der Waals surface area (Å²) in [5.41, 5.74) is 19.7. The average Bonchev–Trinajstić information content (AvgIpc) is 3.69. The van der Waals surface area contributed by atoms with E-state index in [1.807, 2.05) is 36.4 Å². The first-order chi connectivity index (χ1) is 29.3. The van der Waals surface area contributed by atoms with Crippen molar-refractivity contribution in [1.29, 1.82) is 0 Å². The Hall–Kier alpha value is -6.69. The fourth-order valence-electron chi connectivity index (χ4n) is 8.59. The summed E-state index contributed by atoms with van der Waals surface area (Å²) in [5.74, 6) is 1.99. The van der Waals surface area contributed by atoms with Crippen molar-refractivity contribution in [3.8, 4) is 78.7 Å². The van der Waals surface area contributed by atoms with Gasteiger partial charge in [0.1, 0.15) is 39.2 Å². The molecule has 0 spiro atoms. The van der Waals surface area contributed by atoms with Crippen molar-refractivity contribution in [3.05, 3.63) is 170 Å². The van der Waals surface area contributed by atoms with Crippen molar-refractivity contribution in [2.75, 3.05) is 0 Å². The van der Waals surface area contributed by atoms with Crippen molar-refractivity contribution in [2.24, 2.45) is 0 Å². The number of nitrogens with zero attached hydrogens (tertiary/aromatic N) is 3. The first-order valence-corrected chi connectivity index (χ1v) is 21.3. The zero-order valence-electron chi connectivity index (χ0n) is 34.4. The molecule has 0 N–H and O–H groups in total. The number of fused-ring (bicyclic) bond motifs is 3. The highest BCUT2D eigenvalue weighted by atomic mass is 32.1. The molecule has 3 nitrogen and oxygen atoms in total. The molecule has 0 aliphatic carbocycles. The highest BCUT2D eigenvalue weighted by Gasteiger charge is 2.18. The molecule has 0 saturated heterocycles. The minimum Gasteiger partial charge on any atom is -0.208 e. The monoisotopic (exact) mass is 779 g/mol. The summed E-state index contributed by atoms with van der Waals surface area (Å²) in [6.45, 7) is 0. The van der Waals surface area contributed by atoms with E-state index >= 15 is 0 Å². The van der Waals surface area contributed by atoms with Crippen molar-refractivity contribution in [1.82, 2.24) is 15.0 Å². The van der Waals surface area contributed by atoms with Crippen LogP contribution >= 0.6 is 11.3 Å². The van der Waals surface area contributed by atoms with Crippen molar-refractivity contribution in [3.63, 3.8) is 0 Å². The summed E-state index contributed by atoms with van der Waals surface area (Å²) in [7, 11) is 11.2. The second kappa shape index (κ2) is 15.5. The van der Waals surface area contributed by atoms with Gasteiger partial charge in [-0.3, -0.25) is 0 Å². The lowest BCUT2D eigenvalue weighted by Gasteiger charge is -2.20. The smallest absolute Gasteiger partial charge is 0.164 e. The summed E-state index contributed by atoms with van der Waals surface area (Å²) in [5, 5.41) is 2.37. The van der Waals surface area contributed by atoms with E-state index in [1.54, 1.807) is 11.3 Å². The van der Waals surface area contributed by atoms with Crippen LogP contribution in [0, 0.1) is 0 Å². The fraction of sp³-hybridized carbons (Fsp3) is 0. The first kappa shape index (κ1) is 37.6. The van der Waals surface area contributed by atoms with E-state index in [2.05, 4.69) is 173 Å². The molecule has 278 valence electrons. The molecule has 0 saturated carbocycles. The lowest BCUT2D eigenvalue weighted by Crippen LogP contribution is -2.55. The summed E-state index contributed by atoms with van der Waals surface area (Å²) in [4.78, 5) is 15.1. The van der Waals surface area contributed by atoms with E-state index in [-0.39, 0.29) is 0 Å². The third kappa shape index (κ3) is 6.79. The molecule has 0 radical (unpaired) electrons. The quantitative estimate of drug-likeness (QED) is 0.209. The van der Waals surface area contributed by atoms with Crippen molar-refractivity contribution >= 4 is 98.1 Å². The van der Waals surface area contributed by atoms with Crippen LogP contribution in [0.15, 0.2) is 170 Å². The van der Waals surface area contributed by atoms with Gasteiger partial charge >= 0.3 is 0 Å². The molecule has 2 heterocycles. The fourth-order valence-corrected chi connectivity index (χ4v) is 9.71. The van der Waals surface area contributed by atoms with Crippen LogP contribution in [-0.4, -0.2) is 54.2 Å². The Kier molecular flexibility index (Phi) is 9.70. The molecule has 0 unspecified atom stereocenters. The largest absolute Gasteiger partial charge is 0.208 e. The van der Waals surface area contributed by atoms with Gasteiger partial charge in [0.2, 0.25) is 0 Å². The highest BCUT2D eigenvalue weighted by Crippen LogP contribution is 2.41. The Morgan fingerprint density at radius 1 is 0.317 bits per heavy atom. The summed E-state index contributed by atoms with van der Waals surface area (Å²) in [6.07, 6.45) is 0. The Morgan fingerprint density at radius 3 is 1.23 bits per heavy atom. The predicted molar refractivity (Wildman–Crippen MR) is 272 cm³/mol. The molecule has 0 fully saturated rings. The molecule has 10 aromatic rings. The number of hydrogen-bond acceptors (Lipinski definition) is 4. The van der Waals surface area contributed by atoms with Crippen LogP contribution in [0.3, 0.4) is 0 Å². The maximum Gasteiger partial charge on any atom is 0.164 e. The molecular weight excluding hydrogens is 741 g/mol. The standard InChI is InChI=1S/C51H38B5N3S/c52-44-42(45(53)47(55)48(56)46(44)54)34-24-22-32(23-25-34)30-16-14-29(15-17-30)31-18-20-33(21-19-31)37-26-27-40-39(28-37)43-38(12-7-13-41(43)60-40)51-58-49(35-8-3-1-4-9-35)57-50(59-51)36-10-5-2-6-11-36/h1-28H,52-56H2. The Morgan fingerprint density at radius 2 is 0.733 bits per heavy atom. The van der Waals surface area contributed by atoms with Crippen molar-refractivity contribution < 1.29 is 0 Å². The topological polar surface area (TPSA) is 38.7 Å². The van der Waals surface area contributed by atoms with Gasteiger partial charge in [0.25, 0.3) is 0 Å². The van der Waals surface area contributed by atoms with Crippen LogP contribution in [0.1, 0.15) is 0 Å². The number of benzene rings is 8. The summed E-state index contributed by atoms with van der Waals surface area (Å²) < 4.78 is 2.44. The SMILES string of the molecule is Bc1c(B)c(B)c(-c2ccc(-c3ccc(-c4ccc(-c5ccc6sc7cccc(-c8nc(-c9ccccc9)nc(-c9ccccc9)n8)c7c6c5)cc4)cc3)cc2)c(B)c1B. The number of rotatable bonds is 7. The van der Waals surface area contributed by atoms with Gasteiger partial charge in [0.05, 0.1) is 0 Å². The molecule has 0 aliphatic rings. The van der Waals surface area contributed by atoms with E-state index in [1.165, 1.54) is 92.0 Å². The van der Waals surface area contributed by atoms with Gasteiger partial charge in [0, 0.05) is 36.9 Å². The van der Waals surface area contributed by atoms with Crippen LogP contribution < -0.4 is 27.3 Å². The number of aromatic nitrogens is 3. The lowest BCUT2D eigenvalue weighted by atomic mass is 9.59. The third-order valence-electron chi connectivity index (χ3n) is 12.4. The van der Waals surface area contributed by atoms with Gasteiger partial charge in [-0.2, -0.15) is 0 Å². The molecule has 10 rings (SSSR count). The molecule has 60 heavy (non-hydrogen) atoms. The number of thiophene rings is 1. The molecule has 0 atom stereocenters. The minimum atomic E-state index is 0.661. The van der Waals surface area contributed by atoms with Crippen molar-refractivity contribution in [2.45, 2.75) is 0 Å². The normalized spacial score (nSPS) is 11.3. The van der Waals surface area contributed by atoms with Crippen LogP contribution in [0.5, 0.6) is 0 Å². The predicted octanol–water partition coefficient (Wildman–Crippen LogP) is 5.20. The molecule has 0 bridgehead atoms. The third-order valence-corrected chi connectivity index (χ3v) is 13.5. The van der Waals surface area contributed by atoms with Crippen LogP contribution in [0.25, 0.3) is 98.8 Å². The van der Waals surface area contributed by atoms with E-state index in [0.717, 1.165) is 16.7 Å². The van der Waals surface area contributed by atoms with E-state index in [9.17, 15) is 0 Å². The van der Waals surface area contributed by atoms with Gasteiger partial charge in [-0.05, 0) is 62.7 Å². The molecular formula is C51H38B5N3S. The zero-order valence-corrected chi connectivity index (χ0v) is 35.2. The maximum absolute atomic E-state index is 5.09. The highest BCUT2D eigenvalue weighted by molar-refractivity contribution is 7.26. The second-order valence-corrected chi connectivity index (χ2v) is 16.8.